The van der Waals surface area contributed by atoms with E-state index in [9.17, 15) is 9.59 Å². The average molecular weight is 320 g/mol. The lowest BCUT2D eigenvalue weighted by Gasteiger charge is -2.29. The Morgan fingerprint density at radius 3 is 2.62 bits per heavy atom. The van der Waals surface area contributed by atoms with Crippen LogP contribution in [-0.4, -0.2) is 24.9 Å². The molecule has 4 nitrogen and oxygen atoms in total. The first-order valence-corrected chi connectivity index (χ1v) is 8.13. The van der Waals surface area contributed by atoms with Crippen molar-refractivity contribution >= 4 is 23.6 Å². The molecule has 0 aliphatic carbocycles. The molecule has 1 heterocycles. The second-order valence-corrected chi connectivity index (χ2v) is 5.74. The number of benzene rings is 2. The molecule has 0 saturated heterocycles. The summed E-state index contributed by atoms with van der Waals surface area (Å²) >= 11 is 0. The van der Waals surface area contributed by atoms with Crippen molar-refractivity contribution in [3.8, 4) is 0 Å². The Morgan fingerprint density at radius 2 is 1.79 bits per heavy atom. The molecule has 1 aliphatic rings. The van der Waals surface area contributed by atoms with E-state index in [0.717, 1.165) is 24.1 Å². The van der Waals surface area contributed by atoms with Crippen LogP contribution in [0.3, 0.4) is 0 Å². The average Bonchev–Trinajstić information content (AvgIpc) is 2.64. The van der Waals surface area contributed by atoms with Crippen LogP contribution in [-0.2, 0) is 16.0 Å². The van der Waals surface area contributed by atoms with E-state index in [1.54, 1.807) is 11.0 Å². The van der Waals surface area contributed by atoms with Crippen molar-refractivity contribution in [1.82, 2.24) is 5.32 Å². The van der Waals surface area contributed by atoms with Gasteiger partial charge >= 0.3 is 0 Å². The van der Waals surface area contributed by atoms with Crippen LogP contribution >= 0.6 is 0 Å². The van der Waals surface area contributed by atoms with E-state index in [0.29, 0.717) is 6.54 Å². The van der Waals surface area contributed by atoms with Gasteiger partial charge in [-0.25, -0.2) is 0 Å². The van der Waals surface area contributed by atoms with Crippen LogP contribution in [0.5, 0.6) is 0 Å². The zero-order chi connectivity index (χ0) is 16.8. The third-order valence-electron chi connectivity index (χ3n) is 4.05. The zero-order valence-corrected chi connectivity index (χ0v) is 13.4. The minimum Gasteiger partial charge on any atom is -0.343 e. The number of para-hydroxylation sites is 1. The van der Waals surface area contributed by atoms with E-state index < -0.39 is 0 Å². The Morgan fingerprint density at radius 1 is 1.04 bits per heavy atom. The second-order valence-electron chi connectivity index (χ2n) is 5.74. The molecule has 0 atom stereocenters. The van der Waals surface area contributed by atoms with Crippen molar-refractivity contribution in [2.24, 2.45) is 0 Å². The van der Waals surface area contributed by atoms with Gasteiger partial charge in [-0.15, -0.1) is 0 Å². The highest BCUT2D eigenvalue weighted by molar-refractivity contribution is 5.99. The Hall–Kier alpha value is -2.88. The topological polar surface area (TPSA) is 49.4 Å². The maximum atomic E-state index is 12.4. The molecule has 0 bridgehead atoms. The fourth-order valence-corrected chi connectivity index (χ4v) is 2.85. The number of fused-ring (bicyclic) bond motifs is 1. The SMILES string of the molecule is O=C(C=Cc1ccccc1)NCC(=O)N1CCCc2ccccc21. The zero-order valence-electron chi connectivity index (χ0n) is 13.4. The Balaban J connectivity index is 1.56. The Bertz CT molecular complexity index is 753. The first-order chi connectivity index (χ1) is 11.7. The van der Waals surface area contributed by atoms with Crippen molar-refractivity contribution in [2.45, 2.75) is 12.8 Å². The lowest BCUT2D eigenvalue weighted by atomic mass is 10.0. The lowest BCUT2D eigenvalue weighted by molar-refractivity contribution is -0.122. The monoisotopic (exact) mass is 320 g/mol. The molecule has 0 aromatic heterocycles. The van der Waals surface area contributed by atoms with E-state index in [4.69, 9.17) is 0 Å². The van der Waals surface area contributed by atoms with Gasteiger partial charge in [-0.1, -0.05) is 48.5 Å². The number of anilines is 1. The summed E-state index contributed by atoms with van der Waals surface area (Å²) in [7, 11) is 0. The first-order valence-electron chi connectivity index (χ1n) is 8.13. The van der Waals surface area contributed by atoms with Crippen molar-refractivity contribution in [3.63, 3.8) is 0 Å². The standard InChI is InChI=1S/C20H20N2O2/c23-19(13-12-16-7-2-1-3-8-16)21-15-20(24)22-14-6-10-17-9-4-5-11-18(17)22/h1-5,7-9,11-13H,6,10,14-15H2,(H,21,23). The molecular formula is C20H20N2O2. The molecule has 2 aromatic carbocycles. The summed E-state index contributed by atoms with van der Waals surface area (Å²) in [6, 6.07) is 17.5. The largest absolute Gasteiger partial charge is 0.343 e. The summed E-state index contributed by atoms with van der Waals surface area (Å²) < 4.78 is 0. The molecule has 4 heteroatoms. The number of nitrogens with one attached hydrogen (secondary N) is 1. The number of amides is 2. The molecule has 0 spiro atoms. The van der Waals surface area contributed by atoms with Crippen LogP contribution in [0.2, 0.25) is 0 Å². The van der Waals surface area contributed by atoms with Crippen LogP contribution in [0.4, 0.5) is 5.69 Å². The molecule has 122 valence electrons. The molecule has 0 radical (unpaired) electrons. The maximum Gasteiger partial charge on any atom is 0.246 e. The van der Waals surface area contributed by atoms with Gasteiger partial charge in [-0.05, 0) is 36.1 Å². The highest BCUT2D eigenvalue weighted by Gasteiger charge is 2.21. The van der Waals surface area contributed by atoms with Gasteiger partial charge in [0.2, 0.25) is 11.8 Å². The summed E-state index contributed by atoms with van der Waals surface area (Å²) in [6.45, 7) is 0.706. The molecule has 1 aliphatic heterocycles. The van der Waals surface area contributed by atoms with Gasteiger partial charge in [0.1, 0.15) is 0 Å². The van der Waals surface area contributed by atoms with Crippen molar-refractivity contribution in [1.29, 1.82) is 0 Å². The normalized spacial score (nSPS) is 13.6. The summed E-state index contributed by atoms with van der Waals surface area (Å²) in [4.78, 5) is 26.1. The van der Waals surface area contributed by atoms with E-state index in [-0.39, 0.29) is 18.4 Å². The van der Waals surface area contributed by atoms with Gasteiger partial charge in [-0.3, -0.25) is 9.59 Å². The number of nitrogens with zero attached hydrogens (tertiary/aromatic N) is 1. The number of carbonyl (C=O) groups is 2. The second kappa shape index (κ2) is 7.59. The summed E-state index contributed by atoms with van der Waals surface area (Å²) in [5.41, 5.74) is 3.10. The molecule has 0 unspecified atom stereocenters. The van der Waals surface area contributed by atoms with Crippen molar-refractivity contribution in [2.75, 3.05) is 18.0 Å². The van der Waals surface area contributed by atoms with Crippen LogP contribution in [0.25, 0.3) is 6.08 Å². The number of rotatable bonds is 4. The van der Waals surface area contributed by atoms with Gasteiger partial charge in [0.05, 0.1) is 6.54 Å². The smallest absolute Gasteiger partial charge is 0.246 e. The van der Waals surface area contributed by atoms with Crippen LogP contribution in [0, 0.1) is 0 Å². The van der Waals surface area contributed by atoms with E-state index in [1.807, 2.05) is 48.5 Å². The van der Waals surface area contributed by atoms with Gasteiger partial charge < -0.3 is 10.2 Å². The van der Waals surface area contributed by atoms with Crippen LogP contribution < -0.4 is 10.2 Å². The fraction of sp³-hybridized carbons (Fsp3) is 0.200. The minimum atomic E-state index is -0.266. The Labute approximate surface area is 141 Å². The van der Waals surface area contributed by atoms with Crippen LogP contribution in [0.1, 0.15) is 17.5 Å². The highest BCUT2D eigenvalue weighted by Crippen LogP contribution is 2.26. The summed E-state index contributed by atoms with van der Waals surface area (Å²) in [6.07, 6.45) is 5.12. The first kappa shape index (κ1) is 16.0. The van der Waals surface area contributed by atoms with Gasteiger partial charge in [-0.2, -0.15) is 0 Å². The third kappa shape index (κ3) is 3.90. The van der Waals surface area contributed by atoms with E-state index >= 15 is 0 Å². The quantitative estimate of drug-likeness (QED) is 0.881. The van der Waals surface area contributed by atoms with E-state index in [2.05, 4.69) is 11.4 Å². The minimum absolute atomic E-state index is 0.00625. The summed E-state index contributed by atoms with van der Waals surface area (Å²) in [5, 5.41) is 2.66. The van der Waals surface area contributed by atoms with Gasteiger partial charge in [0, 0.05) is 18.3 Å². The fourth-order valence-electron chi connectivity index (χ4n) is 2.85. The molecule has 2 aromatic rings. The number of carbonyl (C=O) groups excluding carboxylic acids is 2. The molecular weight excluding hydrogens is 300 g/mol. The number of aryl methyl sites for hydroxylation is 1. The molecule has 0 saturated carbocycles. The molecule has 0 fully saturated rings. The number of hydrogen-bond acceptors (Lipinski definition) is 2. The third-order valence-corrected chi connectivity index (χ3v) is 4.05. The molecule has 1 N–H and O–H groups in total. The predicted octanol–water partition coefficient (Wildman–Crippen LogP) is 2.80. The van der Waals surface area contributed by atoms with E-state index in [1.165, 1.54) is 11.6 Å². The maximum absolute atomic E-state index is 12.4. The van der Waals surface area contributed by atoms with Crippen molar-refractivity contribution < 1.29 is 9.59 Å². The molecule has 24 heavy (non-hydrogen) atoms. The lowest BCUT2D eigenvalue weighted by Crippen LogP contribution is -2.42. The van der Waals surface area contributed by atoms with Gasteiger partial charge in [0.25, 0.3) is 0 Å². The predicted molar refractivity (Wildman–Crippen MR) is 95.6 cm³/mol. The number of hydrogen-bond donors (Lipinski definition) is 1. The molecule has 2 amide bonds. The summed E-state index contributed by atoms with van der Waals surface area (Å²) in [5.74, 6) is -0.346. The van der Waals surface area contributed by atoms with Crippen molar-refractivity contribution in [3.05, 3.63) is 71.8 Å². The highest BCUT2D eigenvalue weighted by atomic mass is 16.2. The van der Waals surface area contributed by atoms with Crippen LogP contribution in [0.15, 0.2) is 60.7 Å². The Kier molecular flexibility index (Phi) is 5.06. The van der Waals surface area contributed by atoms with Gasteiger partial charge in [0.15, 0.2) is 0 Å². The molecule has 3 rings (SSSR count).